The SMILES string of the molecule is C=CCNC(=O)N[C@H](C)c1nc(-c2ccccc2)cs1. The smallest absolute Gasteiger partial charge is 0.315 e. The van der Waals surface area contributed by atoms with Gasteiger partial charge in [-0.2, -0.15) is 0 Å². The Morgan fingerprint density at radius 2 is 2.20 bits per heavy atom. The van der Waals surface area contributed by atoms with Crippen molar-refractivity contribution >= 4 is 17.4 Å². The summed E-state index contributed by atoms with van der Waals surface area (Å²) in [5.41, 5.74) is 2.02. The van der Waals surface area contributed by atoms with Gasteiger partial charge in [0, 0.05) is 17.5 Å². The van der Waals surface area contributed by atoms with Crippen LogP contribution >= 0.6 is 11.3 Å². The lowest BCUT2D eigenvalue weighted by Gasteiger charge is -2.11. The summed E-state index contributed by atoms with van der Waals surface area (Å²) < 4.78 is 0. The third kappa shape index (κ3) is 3.68. The second-order valence-corrected chi connectivity index (χ2v) is 5.19. The second-order valence-electron chi connectivity index (χ2n) is 4.30. The van der Waals surface area contributed by atoms with Crippen molar-refractivity contribution in [1.29, 1.82) is 0 Å². The van der Waals surface area contributed by atoms with Crippen LogP contribution in [-0.4, -0.2) is 17.6 Å². The van der Waals surface area contributed by atoms with Gasteiger partial charge in [-0.05, 0) is 6.92 Å². The normalized spacial score (nSPS) is 11.7. The van der Waals surface area contributed by atoms with Gasteiger partial charge in [0.15, 0.2) is 0 Å². The summed E-state index contributed by atoms with van der Waals surface area (Å²) in [7, 11) is 0. The van der Waals surface area contributed by atoms with Crippen LogP contribution in [0.3, 0.4) is 0 Å². The van der Waals surface area contributed by atoms with Gasteiger partial charge < -0.3 is 10.6 Å². The van der Waals surface area contributed by atoms with Crippen molar-refractivity contribution in [2.75, 3.05) is 6.54 Å². The fraction of sp³-hybridized carbons (Fsp3) is 0.200. The summed E-state index contributed by atoms with van der Waals surface area (Å²) in [5, 5.41) is 8.42. The predicted molar refractivity (Wildman–Crippen MR) is 82.7 cm³/mol. The van der Waals surface area contributed by atoms with Gasteiger partial charge in [0.25, 0.3) is 0 Å². The zero-order valence-corrected chi connectivity index (χ0v) is 12.1. The number of benzene rings is 1. The Kier molecular flexibility index (Phi) is 4.90. The number of hydrogen-bond acceptors (Lipinski definition) is 3. The number of carbonyl (C=O) groups excluding carboxylic acids is 1. The molecule has 0 fully saturated rings. The van der Waals surface area contributed by atoms with E-state index in [0.29, 0.717) is 6.54 Å². The number of urea groups is 1. The zero-order valence-electron chi connectivity index (χ0n) is 11.3. The number of hydrogen-bond donors (Lipinski definition) is 2. The fourth-order valence-electron chi connectivity index (χ4n) is 1.70. The quantitative estimate of drug-likeness (QED) is 0.829. The highest BCUT2D eigenvalue weighted by atomic mass is 32.1. The first-order chi connectivity index (χ1) is 9.70. The van der Waals surface area contributed by atoms with Crippen molar-refractivity contribution in [2.45, 2.75) is 13.0 Å². The van der Waals surface area contributed by atoms with Crippen molar-refractivity contribution in [2.24, 2.45) is 0 Å². The van der Waals surface area contributed by atoms with Gasteiger partial charge in [-0.1, -0.05) is 36.4 Å². The van der Waals surface area contributed by atoms with Gasteiger partial charge >= 0.3 is 6.03 Å². The molecule has 5 heteroatoms. The Morgan fingerprint density at radius 1 is 1.45 bits per heavy atom. The number of amides is 2. The fourth-order valence-corrected chi connectivity index (χ4v) is 2.54. The van der Waals surface area contributed by atoms with Gasteiger partial charge in [-0.15, -0.1) is 17.9 Å². The lowest BCUT2D eigenvalue weighted by Crippen LogP contribution is -2.36. The average molecular weight is 287 g/mol. The molecule has 0 unspecified atom stereocenters. The molecule has 4 nitrogen and oxygen atoms in total. The Hall–Kier alpha value is -2.14. The van der Waals surface area contributed by atoms with Crippen molar-refractivity contribution in [3.63, 3.8) is 0 Å². The highest BCUT2D eigenvalue weighted by Crippen LogP contribution is 2.25. The predicted octanol–water partition coefficient (Wildman–Crippen LogP) is 3.36. The van der Waals surface area contributed by atoms with Gasteiger partial charge in [0.2, 0.25) is 0 Å². The molecule has 1 aromatic heterocycles. The summed E-state index contributed by atoms with van der Waals surface area (Å²) >= 11 is 1.54. The molecule has 0 aliphatic heterocycles. The van der Waals surface area contributed by atoms with E-state index in [0.717, 1.165) is 16.3 Å². The van der Waals surface area contributed by atoms with Crippen molar-refractivity contribution < 1.29 is 4.79 Å². The topological polar surface area (TPSA) is 54.0 Å². The molecule has 0 aliphatic rings. The van der Waals surface area contributed by atoms with E-state index in [-0.39, 0.29) is 12.1 Å². The van der Waals surface area contributed by atoms with Gasteiger partial charge in [0.1, 0.15) is 5.01 Å². The molecule has 0 aliphatic carbocycles. The molecule has 2 amide bonds. The lowest BCUT2D eigenvalue weighted by molar-refractivity contribution is 0.239. The molecule has 2 N–H and O–H groups in total. The minimum absolute atomic E-state index is 0.123. The maximum atomic E-state index is 11.6. The summed E-state index contributed by atoms with van der Waals surface area (Å²) in [6, 6.07) is 9.65. The number of aromatic nitrogens is 1. The van der Waals surface area contributed by atoms with Gasteiger partial charge in [0.05, 0.1) is 11.7 Å². The van der Waals surface area contributed by atoms with Crippen LogP contribution in [0.5, 0.6) is 0 Å². The molecule has 0 saturated carbocycles. The number of rotatable bonds is 5. The van der Waals surface area contributed by atoms with E-state index >= 15 is 0 Å². The molecule has 1 heterocycles. The maximum absolute atomic E-state index is 11.6. The van der Waals surface area contributed by atoms with E-state index in [2.05, 4.69) is 22.2 Å². The van der Waals surface area contributed by atoms with Crippen LogP contribution in [-0.2, 0) is 0 Å². The first-order valence-electron chi connectivity index (χ1n) is 6.37. The molecule has 0 radical (unpaired) electrons. The highest BCUT2D eigenvalue weighted by Gasteiger charge is 2.13. The Bertz CT molecular complexity index is 580. The Morgan fingerprint density at radius 3 is 2.90 bits per heavy atom. The third-order valence-corrected chi connectivity index (χ3v) is 3.74. The monoisotopic (exact) mass is 287 g/mol. The lowest BCUT2D eigenvalue weighted by atomic mass is 10.2. The molecule has 1 aromatic carbocycles. The molecular formula is C15H17N3OS. The van der Waals surface area contributed by atoms with E-state index in [9.17, 15) is 4.79 Å². The molecule has 0 spiro atoms. The van der Waals surface area contributed by atoms with Crippen molar-refractivity contribution in [3.05, 3.63) is 53.4 Å². The largest absolute Gasteiger partial charge is 0.335 e. The Labute approximate surface area is 122 Å². The van der Waals surface area contributed by atoms with Gasteiger partial charge in [-0.3, -0.25) is 0 Å². The number of nitrogens with zero attached hydrogens (tertiary/aromatic N) is 1. The summed E-state index contributed by atoms with van der Waals surface area (Å²) in [6.45, 7) is 5.92. The first kappa shape index (κ1) is 14.3. The molecule has 20 heavy (non-hydrogen) atoms. The summed E-state index contributed by atoms with van der Waals surface area (Å²) in [6.07, 6.45) is 1.64. The summed E-state index contributed by atoms with van der Waals surface area (Å²) in [5.74, 6) is 0. The summed E-state index contributed by atoms with van der Waals surface area (Å²) in [4.78, 5) is 16.1. The molecule has 0 bridgehead atoms. The minimum Gasteiger partial charge on any atom is -0.335 e. The molecule has 104 valence electrons. The van der Waals surface area contributed by atoms with Crippen LogP contribution in [0.15, 0.2) is 48.4 Å². The molecule has 0 saturated heterocycles. The first-order valence-corrected chi connectivity index (χ1v) is 7.24. The van der Waals surface area contributed by atoms with E-state index in [1.807, 2.05) is 42.6 Å². The maximum Gasteiger partial charge on any atom is 0.315 e. The number of nitrogens with one attached hydrogen (secondary N) is 2. The van der Waals surface area contributed by atoms with Crippen LogP contribution < -0.4 is 10.6 Å². The van der Waals surface area contributed by atoms with Crippen LogP contribution in [0.2, 0.25) is 0 Å². The average Bonchev–Trinajstić information content (AvgIpc) is 2.96. The molecule has 2 rings (SSSR count). The van der Waals surface area contributed by atoms with E-state index in [1.165, 1.54) is 0 Å². The zero-order chi connectivity index (χ0) is 14.4. The molecular weight excluding hydrogens is 270 g/mol. The van der Waals surface area contributed by atoms with Crippen LogP contribution in [0.4, 0.5) is 4.79 Å². The number of carbonyl (C=O) groups is 1. The van der Waals surface area contributed by atoms with Crippen molar-refractivity contribution in [1.82, 2.24) is 15.6 Å². The van der Waals surface area contributed by atoms with Crippen LogP contribution in [0, 0.1) is 0 Å². The molecule has 2 aromatic rings. The van der Waals surface area contributed by atoms with Crippen LogP contribution in [0.1, 0.15) is 18.0 Å². The van der Waals surface area contributed by atoms with E-state index < -0.39 is 0 Å². The van der Waals surface area contributed by atoms with Crippen molar-refractivity contribution in [3.8, 4) is 11.3 Å². The highest BCUT2D eigenvalue weighted by molar-refractivity contribution is 7.10. The third-order valence-electron chi connectivity index (χ3n) is 2.72. The second kappa shape index (κ2) is 6.86. The molecule has 1 atom stereocenters. The van der Waals surface area contributed by atoms with Crippen LogP contribution in [0.25, 0.3) is 11.3 Å². The standard InChI is InChI=1S/C15H17N3OS/c1-3-9-16-15(19)17-11(2)14-18-13(10-20-14)12-7-5-4-6-8-12/h3-8,10-11H,1,9H2,2H3,(H2,16,17,19)/t11-/m1/s1. The Balaban J connectivity index is 2.01. The number of thiazole rings is 1. The van der Waals surface area contributed by atoms with E-state index in [1.54, 1.807) is 17.4 Å². The minimum atomic E-state index is -0.214. The van der Waals surface area contributed by atoms with Gasteiger partial charge in [-0.25, -0.2) is 9.78 Å². The van der Waals surface area contributed by atoms with E-state index in [4.69, 9.17) is 0 Å².